The fourth-order valence-electron chi connectivity index (χ4n) is 2.32. The maximum absolute atomic E-state index is 13.2. The number of hydrogen-bond donors (Lipinski definition) is 2. The minimum Gasteiger partial charge on any atom is -0.366 e. The summed E-state index contributed by atoms with van der Waals surface area (Å²) in [6, 6.07) is 17.2. The van der Waals surface area contributed by atoms with Gasteiger partial charge >= 0.3 is 0 Å². The van der Waals surface area contributed by atoms with Gasteiger partial charge in [0.05, 0.1) is 0 Å². The van der Waals surface area contributed by atoms with E-state index in [1.807, 2.05) is 30.3 Å². The molecular formula is C19H17FN4O. The summed E-state index contributed by atoms with van der Waals surface area (Å²) in [5.74, 6) is 0.198. The summed E-state index contributed by atoms with van der Waals surface area (Å²) in [6.45, 7) is 2.30. The van der Waals surface area contributed by atoms with E-state index in [1.54, 1.807) is 19.1 Å². The predicted molar refractivity (Wildman–Crippen MR) is 94.9 cm³/mol. The van der Waals surface area contributed by atoms with Gasteiger partial charge in [0, 0.05) is 18.3 Å². The van der Waals surface area contributed by atoms with Crippen molar-refractivity contribution in [2.24, 2.45) is 0 Å². The van der Waals surface area contributed by atoms with Crippen molar-refractivity contribution >= 4 is 17.4 Å². The molecule has 0 saturated carbocycles. The number of hydrogen-bond acceptors (Lipinski definition) is 4. The van der Waals surface area contributed by atoms with Crippen molar-refractivity contribution < 1.29 is 9.18 Å². The van der Waals surface area contributed by atoms with E-state index in [1.165, 1.54) is 18.2 Å². The normalized spacial score (nSPS) is 10.3. The summed E-state index contributed by atoms with van der Waals surface area (Å²) >= 11 is 0. The Hall–Kier alpha value is -3.28. The number of aromatic nitrogens is 2. The zero-order valence-corrected chi connectivity index (χ0v) is 13.7. The third-order valence-electron chi connectivity index (χ3n) is 3.47. The number of benzene rings is 2. The first kappa shape index (κ1) is 16.6. The highest BCUT2D eigenvalue weighted by atomic mass is 19.1. The molecular weight excluding hydrogens is 319 g/mol. The number of carbonyl (C=O) groups is 1. The summed E-state index contributed by atoms with van der Waals surface area (Å²) in [5.41, 5.74) is 1.69. The standard InChI is InChI=1S/C19H17FN4O/c1-13-22-17(19(25)24-16-9-5-8-15(20)10-16)11-18(23-13)21-12-14-6-3-2-4-7-14/h2-11H,12H2,1H3,(H,24,25)(H,21,22,23). The molecule has 0 aliphatic rings. The molecule has 2 aromatic carbocycles. The van der Waals surface area contributed by atoms with Gasteiger partial charge in [-0.15, -0.1) is 0 Å². The van der Waals surface area contributed by atoms with Gasteiger partial charge in [0.25, 0.3) is 5.91 Å². The van der Waals surface area contributed by atoms with E-state index in [0.29, 0.717) is 23.9 Å². The zero-order chi connectivity index (χ0) is 17.6. The Morgan fingerprint density at radius 2 is 1.84 bits per heavy atom. The van der Waals surface area contributed by atoms with Crippen molar-refractivity contribution in [2.45, 2.75) is 13.5 Å². The van der Waals surface area contributed by atoms with Crippen LogP contribution in [0.2, 0.25) is 0 Å². The van der Waals surface area contributed by atoms with Crippen LogP contribution in [0.5, 0.6) is 0 Å². The number of amides is 1. The largest absolute Gasteiger partial charge is 0.366 e. The van der Waals surface area contributed by atoms with E-state index < -0.39 is 11.7 Å². The molecule has 0 fully saturated rings. The summed E-state index contributed by atoms with van der Waals surface area (Å²) in [5, 5.41) is 5.81. The maximum Gasteiger partial charge on any atom is 0.274 e. The summed E-state index contributed by atoms with van der Waals surface area (Å²) in [7, 11) is 0. The van der Waals surface area contributed by atoms with Gasteiger partial charge in [-0.25, -0.2) is 14.4 Å². The van der Waals surface area contributed by atoms with Crippen LogP contribution >= 0.6 is 0 Å². The molecule has 3 rings (SSSR count). The van der Waals surface area contributed by atoms with Gasteiger partial charge < -0.3 is 10.6 Å². The minimum absolute atomic E-state index is 0.215. The highest BCUT2D eigenvalue weighted by Gasteiger charge is 2.11. The van der Waals surface area contributed by atoms with E-state index >= 15 is 0 Å². The van der Waals surface area contributed by atoms with Gasteiger partial charge in [0.2, 0.25) is 0 Å². The topological polar surface area (TPSA) is 66.9 Å². The molecule has 126 valence electrons. The van der Waals surface area contributed by atoms with E-state index in [4.69, 9.17) is 0 Å². The Bertz CT molecular complexity index is 884. The van der Waals surface area contributed by atoms with Crippen molar-refractivity contribution in [1.82, 2.24) is 9.97 Å². The number of nitrogens with one attached hydrogen (secondary N) is 2. The lowest BCUT2D eigenvalue weighted by atomic mass is 10.2. The van der Waals surface area contributed by atoms with Gasteiger partial charge in [0.1, 0.15) is 23.2 Å². The zero-order valence-electron chi connectivity index (χ0n) is 13.7. The molecule has 2 N–H and O–H groups in total. The van der Waals surface area contributed by atoms with Gasteiger partial charge in [-0.2, -0.15) is 0 Å². The van der Waals surface area contributed by atoms with Gasteiger partial charge in [0.15, 0.2) is 0 Å². The molecule has 0 aliphatic carbocycles. The maximum atomic E-state index is 13.2. The molecule has 1 amide bonds. The molecule has 1 heterocycles. The molecule has 1 aromatic heterocycles. The molecule has 3 aromatic rings. The van der Waals surface area contributed by atoms with Crippen LogP contribution in [0, 0.1) is 12.7 Å². The Balaban J connectivity index is 1.73. The van der Waals surface area contributed by atoms with Crippen molar-refractivity contribution in [1.29, 1.82) is 0 Å². The van der Waals surface area contributed by atoms with Crippen molar-refractivity contribution in [3.05, 3.63) is 83.6 Å². The van der Waals surface area contributed by atoms with Crippen LogP contribution in [0.15, 0.2) is 60.7 Å². The molecule has 25 heavy (non-hydrogen) atoms. The Kier molecular flexibility index (Phi) is 4.99. The number of aryl methyl sites for hydroxylation is 1. The monoisotopic (exact) mass is 336 g/mol. The fourth-order valence-corrected chi connectivity index (χ4v) is 2.32. The Morgan fingerprint density at radius 1 is 1.04 bits per heavy atom. The van der Waals surface area contributed by atoms with Gasteiger partial charge in [-0.3, -0.25) is 4.79 Å². The third-order valence-corrected chi connectivity index (χ3v) is 3.47. The number of carbonyl (C=O) groups excluding carboxylic acids is 1. The highest BCUT2D eigenvalue weighted by Crippen LogP contribution is 2.13. The van der Waals surface area contributed by atoms with E-state index in [2.05, 4.69) is 20.6 Å². The number of halogens is 1. The number of nitrogens with zero attached hydrogens (tertiary/aromatic N) is 2. The first-order valence-electron chi connectivity index (χ1n) is 7.80. The Labute approximate surface area is 145 Å². The highest BCUT2D eigenvalue weighted by molar-refractivity contribution is 6.03. The third kappa shape index (κ3) is 4.60. The van der Waals surface area contributed by atoms with Gasteiger partial charge in [-0.05, 0) is 30.7 Å². The fraction of sp³-hybridized carbons (Fsp3) is 0.105. The van der Waals surface area contributed by atoms with Crippen LogP contribution in [0.1, 0.15) is 21.9 Å². The average molecular weight is 336 g/mol. The molecule has 0 spiro atoms. The summed E-state index contributed by atoms with van der Waals surface area (Å²) < 4.78 is 13.2. The molecule has 0 radical (unpaired) electrons. The summed E-state index contributed by atoms with van der Waals surface area (Å²) in [4.78, 5) is 20.8. The van der Waals surface area contributed by atoms with Crippen LogP contribution in [0.3, 0.4) is 0 Å². The van der Waals surface area contributed by atoms with Gasteiger partial charge in [-0.1, -0.05) is 36.4 Å². The van der Waals surface area contributed by atoms with Crippen LogP contribution in [-0.2, 0) is 6.54 Å². The van der Waals surface area contributed by atoms with Crippen molar-refractivity contribution in [3.63, 3.8) is 0 Å². The Morgan fingerprint density at radius 3 is 2.60 bits per heavy atom. The van der Waals surface area contributed by atoms with Crippen LogP contribution < -0.4 is 10.6 Å². The first-order valence-corrected chi connectivity index (χ1v) is 7.80. The van der Waals surface area contributed by atoms with Crippen molar-refractivity contribution in [3.8, 4) is 0 Å². The average Bonchev–Trinajstić information content (AvgIpc) is 2.60. The molecule has 0 atom stereocenters. The number of anilines is 2. The second-order valence-electron chi connectivity index (χ2n) is 5.49. The quantitative estimate of drug-likeness (QED) is 0.744. The second kappa shape index (κ2) is 7.53. The lowest BCUT2D eigenvalue weighted by Gasteiger charge is -2.09. The molecule has 0 bridgehead atoms. The molecule has 6 heteroatoms. The lowest BCUT2D eigenvalue weighted by Crippen LogP contribution is -2.16. The SMILES string of the molecule is Cc1nc(NCc2ccccc2)cc(C(=O)Nc2cccc(F)c2)n1. The van der Waals surface area contributed by atoms with Crippen LogP contribution in [-0.4, -0.2) is 15.9 Å². The number of rotatable bonds is 5. The van der Waals surface area contributed by atoms with E-state index in [-0.39, 0.29) is 5.69 Å². The van der Waals surface area contributed by atoms with E-state index in [9.17, 15) is 9.18 Å². The van der Waals surface area contributed by atoms with E-state index in [0.717, 1.165) is 5.56 Å². The first-order chi connectivity index (χ1) is 12.1. The smallest absolute Gasteiger partial charge is 0.274 e. The van der Waals surface area contributed by atoms with Crippen LogP contribution in [0.25, 0.3) is 0 Å². The minimum atomic E-state index is -0.418. The molecule has 5 nitrogen and oxygen atoms in total. The lowest BCUT2D eigenvalue weighted by molar-refractivity contribution is 0.102. The van der Waals surface area contributed by atoms with Crippen LogP contribution in [0.4, 0.5) is 15.9 Å². The molecule has 0 aliphatic heterocycles. The van der Waals surface area contributed by atoms with Crippen molar-refractivity contribution in [2.75, 3.05) is 10.6 Å². The molecule has 0 saturated heterocycles. The second-order valence-corrected chi connectivity index (χ2v) is 5.49. The predicted octanol–water partition coefficient (Wildman–Crippen LogP) is 3.79. The summed E-state index contributed by atoms with van der Waals surface area (Å²) in [6.07, 6.45) is 0. The molecule has 0 unspecified atom stereocenters.